The number of hydrogen-bond donors (Lipinski definition) is 2. The van der Waals surface area contributed by atoms with Crippen molar-refractivity contribution in [1.29, 1.82) is 0 Å². The van der Waals surface area contributed by atoms with Gasteiger partial charge in [0.05, 0.1) is 6.61 Å². The summed E-state index contributed by atoms with van der Waals surface area (Å²) >= 11 is 0. The van der Waals surface area contributed by atoms with E-state index in [-0.39, 0.29) is 42.7 Å². The van der Waals surface area contributed by atoms with Crippen LogP contribution in [0.25, 0.3) is 0 Å². The highest BCUT2D eigenvalue weighted by Crippen LogP contribution is 2.24. The summed E-state index contributed by atoms with van der Waals surface area (Å²) in [5.41, 5.74) is 6.00. The summed E-state index contributed by atoms with van der Waals surface area (Å²) in [6, 6.07) is 0.585. The third kappa shape index (κ3) is 6.34. The minimum Gasteiger partial charge on any atom is -0.381 e. The van der Waals surface area contributed by atoms with E-state index >= 15 is 0 Å². The van der Waals surface area contributed by atoms with Gasteiger partial charge in [-0.05, 0) is 44.4 Å². The number of carbonyl (C=O) groups excluding carboxylic acids is 1. The standard InChI is InChI=1S/C17H31N3O2.2ClH/c18-15-3-1-2-14(10-15)17(21)19-16-4-7-20(8-5-16)11-13-6-9-22-12-13;;/h13-16H,1-12,18H2,(H,19,21);2*1H. The number of halogens is 2. The van der Waals surface area contributed by atoms with Gasteiger partial charge in [-0.25, -0.2) is 0 Å². The molecule has 0 aromatic rings. The zero-order chi connectivity index (χ0) is 15.4. The van der Waals surface area contributed by atoms with Gasteiger partial charge >= 0.3 is 0 Å². The predicted molar refractivity (Wildman–Crippen MR) is 101 cm³/mol. The monoisotopic (exact) mass is 381 g/mol. The molecule has 0 radical (unpaired) electrons. The summed E-state index contributed by atoms with van der Waals surface area (Å²) in [7, 11) is 0. The highest BCUT2D eigenvalue weighted by molar-refractivity contribution is 5.85. The van der Waals surface area contributed by atoms with Crippen LogP contribution in [0.4, 0.5) is 0 Å². The molecule has 3 rings (SSSR count). The molecule has 3 unspecified atom stereocenters. The molecule has 5 nitrogen and oxygen atoms in total. The van der Waals surface area contributed by atoms with E-state index in [1.165, 1.54) is 6.42 Å². The lowest BCUT2D eigenvalue weighted by Crippen LogP contribution is -2.48. The Morgan fingerprint density at radius 1 is 1.12 bits per heavy atom. The summed E-state index contributed by atoms with van der Waals surface area (Å²) < 4.78 is 5.45. The second kappa shape index (κ2) is 10.8. The Balaban J connectivity index is 0.00000144. The van der Waals surface area contributed by atoms with Crippen molar-refractivity contribution in [2.24, 2.45) is 17.6 Å². The zero-order valence-corrected chi connectivity index (χ0v) is 16.1. The number of nitrogens with one attached hydrogen (secondary N) is 1. The molecule has 0 spiro atoms. The number of ether oxygens (including phenoxy) is 1. The van der Waals surface area contributed by atoms with Gasteiger partial charge in [0.15, 0.2) is 0 Å². The van der Waals surface area contributed by atoms with Crippen molar-refractivity contribution in [2.75, 3.05) is 32.8 Å². The fraction of sp³-hybridized carbons (Fsp3) is 0.941. The lowest BCUT2D eigenvalue weighted by molar-refractivity contribution is -0.127. The summed E-state index contributed by atoms with van der Waals surface area (Å²) in [5.74, 6) is 1.12. The number of carbonyl (C=O) groups is 1. The molecule has 2 heterocycles. The Hall–Kier alpha value is -0.0700. The third-order valence-electron chi connectivity index (χ3n) is 5.56. The van der Waals surface area contributed by atoms with Crippen molar-refractivity contribution in [2.45, 2.75) is 57.0 Å². The van der Waals surface area contributed by atoms with E-state index in [0.717, 1.165) is 77.3 Å². The Morgan fingerprint density at radius 3 is 2.50 bits per heavy atom. The molecule has 142 valence electrons. The molecular weight excluding hydrogens is 349 g/mol. The van der Waals surface area contributed by atoms with Gasteiger partial charge in [0.2, 0.25) is 5.91 Å². The number of rotatable bonds is 4. The van der Waals surface area contributed by atoms with Crippen LogP contribution in [0.3, 0.4) is 0 Å². The lowest BCUT2D eigenvalue weighted by atomic mass is 9.85. The number of amides is 1. The molecule has 2 saturated heterocycles. The van der Waals surface area contributed by atoms with Crippen LogP contribution >= 0.6 is 24.8 Å². The smallest absolute Gasteiger partial charge is 0.223 e. The van der Waals surface area contributed by atoms with E-state index in [1.54, 1.807) is 0 Å². The van der Waals surface area contributed by atoms with Crippen molar-refractivity contribution in [3.63, 3.8) is 0 Å². The van der Waals surface area contributed by atoms with Crippen LogP contribution in [0, 0.1) is 11.8 Å². The molecule has 7 heteroatoms. The van der Waals surface area contributed by atoms with Crippen LogP contribution in [0.1, 0.15) is 44.9 Å². The normalized spacial score (nSPS) is 31.8. The number of nitrogens with two attached hydrogens (primary N) is 1. The van der Waals surface area contributed by atoms with Crippen molar-refractivity contribution in [3.05, 3.63) is 0 Å². The van der Waals surface area contributed by atoms with Gasteiger partial charge in [-0.15, -0.1) is 24.8 Å². The highest BCUT2D eigenvalue weighted by Gasteiger charge is 2.29. The van der Waals surface area contributed by atoms with Gasteiger partial charge in [-0.2, -0.15) is 0 Å². The summed E-state index contributed by atoms with van der Waals surface area (Å²) in [5, 5.41) is 3.28. The first-order valence-electron chi connectivity index (χ1n) is 9.07. The average molecular weight is 382 g/mol. The van der Waals surface area contributed by atoms with Crippen LogP contribution < -0.4 is 11.1 Å². The molecule has 3 aliphatic rings. The Labute approximate surface area is 158 Å². The average Bonchev–Trinajstić information content (AvgIpc) is 3.02. The number of piperidine rings is 1. The minimum atomic E-state index is 0. The van der Waals surface area contributed by atoms with Crippen molar-refractivity contribution < 1.29 is 9.53 Å². The SMILES string of the molecule is Cl.Cl.NC1CCCC(C(=O)NC2CCN(CC3CCOC3)CC2)C1. The molecule has 3 fully saturated rings. The summed E-state index contributed by atoms with van der Waals surface area (Å²) in [6.45, 7) is 5.23. The minimum absolute atomic E-state index is 0. The number of hydrogen-bond acceptors (Lipinski definition) is 4. The maximum atomic E-state index is 12.4. The fourth-order valence-corrected chi connectivity index (χ4v) is 4.14. The molecule has 1 aliphatic carbocycles. The van der Waals surface area contributed by atoms with Gasteiger partial charge in [0.1, 0.15) is 0 Å². The summed E-state index contributed by atoms with van der Waals surface area (Å²) in [4.78, 5) is 14.9. The third-order valence-corrected chi connectivity index (χ3v) is 5.56. The Kier molecular flexibility index (Phi) is 9.90. The van der Waals surface area contributed by atoms with E-state index < -0.39 is 0 Å². The van der Waals surface area contributed by atoms with Crippen molar-refractivity contribution in [3.8, 4) is 0 Å². The second-order valence-corrected chi connectivity index (χ2v) is 7.44. The molecule has 2 aliphatic heterocycles. The molecule has 0 aromatic heterocycles. The molecule has 3 atom stereocenters. The quantitative estimate of drug-likeness (QED) is 0.780. The molecule has 1 saturated carbocycles. The van der Waals surface area contributed by atoms with Crippen LogP contribution in [0.5, 0.6) is 0 Å². The van der Waals surface area contributed by atoms with Crippen molar-refractivity contribution in [1.82, 2.24) is 10.2 Å². The number of likely N-dealkylation sites (tertiary alicyclic amines) is 1. The van der Waals surface area contributed by atoms with E-state index in [4.69, 9.17) is 10.5 Å². The largest absolute Gasteiger partial charge is 0.381 e. The number of nitrogens with zero attached hydrogens (tertiary/aromatic N) is 1. The molecular formula is C17H33Cl2N3O2. The van der Waals surface area contributed by atoms with Gasteiger partial charge < -0.3 is 20.7 Å². The lowest BCUT2D eigenvalue weighted by Gasteiger charge is -2.35. The van der Waals surface area contributed by atoms with Crippen LogP contribution in [0.15, 0.2) is 0 Å². The summed E-state index contributed by atoms with van der Waals surface area (Å²) in [6.07, 6.45) is 7.43. The molecule has 1 amide bonds. The Morgan fingerprint density at radius 2 is 1.88 bits per heavy atom. The maximum absolute atomic E-state index is 12.4. The van der Waals surface area contributed by atoms with Crippen LogP contribution in [0.2, 0.25) is 0 Å². The van der Waals surface area contributed by atoms with E-state index in [1.807, 2.05) is 0 Å². The van der Waals surface area contributed by atoms with E-state index in [2.05, 4.69) is 10.2 Å². The molecule has 0 aromatic carbocycles. The zero-order valence-electron chi connectivity index (χ0n) is 14.5. The van der Waals surface area contributed by atoms with Crippen molar-refractivity contribution >= 4 is 30.7 Å². The predicted octanol–water partition coefficient (Wildman–Crippen LogP) is 1.96. The molecule has 24 heavy (non-hydrogen) atoms. The van der Waals surface area contributed by atoms with Crippen LogP contribution in [-0.4, -0.2) is 55.7 Å². The highest BCUT2D eigenvalue weighted by atomic mass is 35.5. The van der Waals surface area contributed by atoms with Crippen LogP contribution in [-0.2, 0) is 9.53 Å². The molecule has 3 N–H and O–H groups in total. The van der Waals surface area contributed by atoms with Gasteiger partial charge in [0.25, 0.3) is 0 Å². The van der Waals surface area contributed by atoms with E-state index in [0.29, 0.717) is 6.04 Å². The van der Waals surface area contributed by atoms with E-state index in [9.17, 15) is 4.79 Å². The van der Waals surface area contributed by atoms with Gasteiger partial charge in [0, 0.05) is 44.2 Å². The maximum Gasteiger partial charge on any atom is 0.223 e. The molecule has 0 bridgehead atoms. The topological polar surface area (TPSA) is 67.6 Å². The van der Waals surface area contributed by atoms with Gasteiger partial charge in [-0.3, -0.25) is 4.79 Å². The Bertz CT molecular complexity index is 373. The first kappa shape index (κ1) is 22.0. The fourth-order valence-electron chi connectivity index (χ4n) is 4.14. The second-order valence-electron chi connectivity index (χ2n) is 7.44. The van der Waals surface area contributed by atoms with Gasteiger partial charge in [-0.1, -0.05) is 6.42 Å². The first-order valence-corrected chi connectivity index (χ1v) is 9.07. The first-order chi connectivity index (χ1) is 10.7.